The molecule has 4 rings (SSSR count). The third kappa shape index (κ3) is 9.30. The predicted octanol–water partition coefficient (Wildman–Crippen LogP) is 7.29. The van der Waals surface area contributed by atoms with Gasteiger partial charge in [0.05, 0.1) is 28.6 Å². The standard InChI is InChI=1S/C37H43N3O6.ClH/c1-7-45-35(41)32-25(2)38-26(3)33(34(32)29-19-14-20-30(23-29)40(43)44)36(42)46-37(4,5)24-39(6)22-21-31(27-15-10-8-11-16-27)28-17-12-9-13-18-28;/h8-20,23,31,34,38H,7,21-22,24H2,1-6H3;1H. The van der Waals surface area contributed by atoms with Gasteiger partial charge in [0.1, 0.15) is 5.60 Å². The summed E-state index contributed by atoms with van der Waals surface area (Å²) in [4.78, 5) is 40.5. The molecule has 1 atom stereocenters. The molecule has 0 saturated carbocycles. The normalized spacial score (nSPS) is 14.9. The zero-order valence-corrected chi connectivity index (χ0v) is 28.6. The van der Waals surface area contributed by atoms with E-state index in [1.165, 1.54) is 23.3 Å². The lowest BCUT2D eigenvalue weighted by atomic mass is 9.80. The van der Waals surface area contributed by atoms with Crippen LogP contribution in [-0.4, -0.2) is 54.1 Å². The minimum absolute atomic E-state index is 0. The number of allylic oxidation sites excluding steroid dienone is 2. The lowest BCUT2D eigenvalue weighted by molar-refractivity contribution is -0.384. The van der Waals surface area contributed by atoms with Crippen molar-refractivity contribution in [2.24, 2.45) is 0 Å². The lowest BCUT2D eigenvalue weighted by Crippen LogP contribution is -2.42. The number of carbonyl (C=O) groups excluding carboxylic acids is 2. The Morgan fingerprint density at radius 2 is 1.47 bits per heavy atom. The number of nitrogens with zero attached hydrogens (tertiary/aromatic N) is 2. The Hall–Kier alpha value is -4.47. The van der Waals surface area contributed by atoms with Crippen LogP contribution in [-0.2, 0) is 19.1 Å². The zero-order valence-electron chi connectivity index (χ0n) is 27.8. The van der Waals surface area contributed by atoms with Crippen molar-refractivity contribution in [3.8, 4) is 0 Å². The first-order valence-electron chi connectivity index (χ1n) is 15.5. The molecule has 0 radical (unpaired) electrons. The Kier molecular flexibility index (Phi) is 12.9. The van der Waals surface area contributed by atoms with Gasteiger partial charge >= 0.3 is 11.9 Å². The summed E-state index contributed by atoms with van der Waals surface area (Å²) in [6, 6.07) is 26.8. The Labute approximate surface area is 283 Å². The van der Waals surface area contributed by atoms with Gasteiger partial charge in [0.2, 0.25) is 0 Å². The van der Waals surface area contributed by atoms with Crippen molar-refractivity contribution in [2.75, 3.05) is 26.7 Å². The fraction of sp³-hybridized carbons (Fsp3) is 0.351. The summed E-state index contributed by atoms with van der Waals surface area (Å²) < 4.78 is 11.5. The number of non-ortho nitro benzene ring substituents is 1. The number of rotatable bonds is 13. The average Bonchev–Trinajstić information content (AvgIpc) is 3.01. The summed E-state index contributed by atoms with van der Waals surface area (Å²) in [5.41, 5.74) is 3.29. The van der Waals surface area contributed by atoms with Crippen LogP contribution in [0.15, 0.2) is 107 Å². The molecule has 0 fully saturated rings. The number of ether oxygens (including phenoxy) is 2. The van der Waals surface area contributed by atoms with E-state index in [-0.39, 0.29) is 41.8 Å². The molecule has 9 nitrogen and oxygen atoms in total. The van der Waals surface area contributed by atoms with Crippen molar-refractivity contribution < 1.29 is 24.0 Å². The van der Waals surface area contributed by atoms with E-state index in [0.717, 1.165) is 13.0 Å². The Bertz CT molecular complexity index is 1580. The third-order valence-corrected chi connectivity index (χ3v) is 8.11. The highest BCUT2D eigenvalue weighted by Crippen LogP contribution is 2.41. The van der Waals surface area contributed by atoms with Gasteiger partial charge in [0.25, 0.3) is 5.69 Å². The molecule has 1 unspecified atom stereocenters. The predicted molar refractivity (Wildman–Crippen MR) is 185 cm³/mol. The van der Waals surface area contributed by atoms with Gasteiger partial charge in [-0.2, -0.15) is 0 Å². The average molecular weight is 662 g/mol. The molecule has 1 heterocycles. The Morgan fingerprint density at radius 1 is 0.915 bits per heavy atom. The molecule has 10 heteroatoms. The second kappa shape index (κ2) is 16.4. The summed E-state index contributed by atoms with van der Waals surface area (Å²) in [5, 5.41) is 14.8. The number of benzene rings is 3. The van der Waals surface area contributed by atoms with Gasteiger partial charge in [-0.3, -0.25) is 10.1 Å². The molecular formula is C37H44ClN3O6. The maximum Gasteiger partial charge on any atom is 0.337 e. The fourth-order valence-corrected chi connectivity index (χ4v) is 6.21. The molecule has 0 bridgehead atoms. The van der Waals surface area contributed by atoms with Crippen molar-refractivity contribution in [3.05, 3.63) is 134 Å². The highest BCUT2D eigenvalue weighted by atomic mass is 35.5. The van der Waals surface area contributed by atoms with E-state index >= 15 is 0 Å². The summed E-state index contributed by atoms with van der Waals surface area (Å²) in [6.07, 6.45) is 0.866. The number of hydrogen-bond donors (Lipinski definition) is 1. The zero-order chi connectivity index (χ0) is 33.4. The fourth-order valence-electron chi connectivity index (χ4n) is 6.21. The molecule has 3 aromatic carbocycles. The lowest BCUT2D eigenvalue weighted by Gasteiger charge is -2.34. The molecule has 1 aliphatic rings. The summed E-state index contributed by atoms with van der Waals surface area (Å²) in [6.45, 7) is 10.2. The van der Waals surface area contributed by atoms with Crippen LogP contribution >= 0.6 is 12.4 Å². The van der Waals surface area contributed by atoms with Crippen molar-refractivity contribution in [1.82, 2.24) is 10.2 Å². The first-order chi connectivity index (χ1) is 21.9. The second-order valence-electron chi connectivity index (χ2n) is 12.3. The molecule has 3 aromatic rings. The molecule has 1 N–H and O–H groups in total. The molecule has 0 aliphatic carbocycles. The van der Waals surface area contributed by atoms with E-state index in [1.807, 2.05) is 33.0 Å². The van der Waals surface area contributed by atoms with E-state index < -0.39 is 28.4 Å². The largest absolute Gasteiger partial charge is 0.463 e. The minimum Gasteiger partial charge on any atom is -0.463 e. The molecule has 0 aromatic heterocycles. The number of nitrogens with one attached hydrogen (secondary N) is 1. The molecule has 0 saturated heterocycles. The van der Waals surface area contributed by atoms with Crippen molar-refractivity contribution >= 4 is 30.0 Å². The van der Waals surface area contributed by atoms with Gasteiger partial charge in [-0.25, -0.2) is 9.59 Å². The molecule has 0 spiro atoms. The van der Waals surface area contributed by atoms with E-state index in [1.54, 1.807) is 32.9 Å². The molecule has 1 aliphatic heterocycles. The van der Waals surface area contributed by atoms with Gasteiger partial charge in [0.15, 0.2) is 0 Å². The quantitative estimate of drug-likeness (QED) is 0.116. The van der Waals surface area contributed by atoms with Crippen LogP contribution in [0, 0.1) is 10.1 Å². The minimum atomic E-state index is -0.918. The van der Waals surface area contributed by atoms with E-state index in [9.17, 15) is 19.7 Å². The third-order valence-electron chi connectivity index (χ3n) is 8.11. The summed E-state index contributed by atoms with van der Waals surface area (Å²) >= 11 is 0. The van der Waals surface area contributed by atoms with Crippen LogP contribution in [0.1, 0.15) is 69.6 Å². The van der Waals surface area contributed by atoms with E-state index in [4.69, 9.17) is 9.47 Å². The first kappa shape index (κ1) is 37.0. The molecule has 47 heavy (non-hydrogen) atoms. The van der Waals surface area contributed by atoms with Crippen LogP contribution in [0.5, 0.6) is 0 Å². The van der Waals surface area contributed by atoms with Crippen molar-refractivity contribution in [2.45, 2.75) is 58.5 Å². The second-order valence-corrected chi connectivity index (χ2v) is 12.3. The van der Waals surface area contributed by atoms with Crippen LogP contribution in [0.3, 0.4) is 0 Å². The van der Waals surface area contributed by atoms with Crippen LogP contribution < -0.4 is 5.32 Å². The SMILES string of the molecule is CCOC(=O)C1=C(C)NC(C)=C(C(=O)OC(C)(C)CN(C)CCC(c2ccccc2)c2ccccc2)C1c1cccc([N+](=O)[O-])c1.Cl. The Balaban J connectivity index is 0.00000600. The number of halogens is 1. The number of nitro groups is 1. The first-order valence-corrected chi connectivity index (χ1v) is 15.5. The van der Waals surface area contributed by atoms with Gasteiger partial charge in [-0.05, 0) is 71.3 Å². The number of esters is 2. The van der Waals surface area contributed by atoms with Crippen LogP contribution in [0.25, 0.3) is 0 Å². The van der Waals surface area contributed by atoms with Crippen molar-refractivity contribution in [1.29, 1.82) is 0 Å². The summed E-state index contributed by atoms with van der Waals surface area (Å²) in [7, 11) is 2.01. The van der Waals surface area contributed by atoms with Gasteiger partial charge < -0.3 is 19.7 Å². The van der Waals surface area contributed by atoms with Crippen molar-refractivity contribution in [3.63, 3.8) is 0 Å². The monoisotopic (exact) mass is 661 g/mol. The number of carbonyl (C=O) groups is 2. The smallest absolute Gasteiger partial charge is 0.337 e. The maximum atomic E-state index is 14.0. The molecular weight excluding hydrogens is 618 g/mol. The topological polar surface area (TPSA) is 111 Å². The van der Waals surface area contributed by atoms with Crippen LogP contribution in [0.4, 0.5) is 5.69 Å². The number of dihydropyridines is 1. The van der Waals surface area contributed by atoms with Gasteiger partial charge in [0, 0.05) is 36.0 Å². The highest BCUT2D eigenvalue weighted by Gasteiger charge is 2.40. The number of hydrogen-bond acceptors (Lipinski definition) is 8. The summed E-state index contributed by atoms with van der Waals surface area (Å²) in [5.74, 6) is -1.92. The maximum absolute atomic E-state index is 14.0. The highest BCUT2D eigenvalue weighted by molar-refractivity contribution is 6.00. The molecule has 0 amide bonds. The van der Waals surface area contributed by atoms with E-state index in [0.29, 0.717) is 23.5 Å². The van der Waals surface area contributed by atoms with E-state index in [2.05, 4.69) is 58.7 Å². The van der Waals surface area contributed by atoms with Gasteiger partial charge in [-0.1, -0.05) is 72.8 Å². The Morgan fingerprint density at radius 3 is 2.00 bits per heavy atom. The molecule has 250 valence electrons. The number of nitro benzene ring substituents is 1. The van der Waals surface area contributed by atoms with Crippen LogP contribution in [0.2, 0.25) is 0 Å². The number of likely N-dealkylation sites (N-methyl/N-ethyl adjacent to an activating group) is 1. The van der Waals surface area contributed by atoms with Gasteiger partial charge in [-0.15, -0.1) is 12.4 Å².